The molecule has 6 heteroatoms. The Labute approximate surface area is 104 Å². The Bertz CT molecular complexity index is 502. The van der Waals surface area contributed by atoms with Crippen molar-refractivity contribution in [3.05, 3.63) is 41.8 Å². The standard InChI is InChI=1S/C12H14FN3O2/c13-9-3-1-4-10(7-9)17-8-11-15-12(18-16-11)5-2-6-14/h1,3-4,7H,2,5-6,8,14H2. The molecule has 0 aliphatic heterocycles. The van der Waals surface area contributed by atoms with Gasteiger partial charge in [0.2, 0.25) is 11.7 Å². The zero-order valence-electron chi connectivity index (χ0n) is 9.80. The molecule has 0 radical (unpaired) electrons. The van der Waals surface area contributed by atoms with Crippen LogP contribution in [-0.4, -0.2) is 16.7 Å². The van der Waals surface area contributed by atoms with E-state index in [1.54, 1.807) is 12.1 Å². The third-order valence-corrected chi connectivity index (χ3v) is 2.27. The maximum atomic E-state index is 12.9. The quantitative estimate of drug-likeness (QED) is 0.845. The molecule has 2 aromatic rings. The second-order valence-electron chi connectivity index (χ2n) is 3.74. The number of aromatic nitrogens is 2. The van der Waals surface area contributed by atoms with Gasteiger partial charge >= 0.3 is 0 Å². The summed E-state index contributed by atoms with van der Waals surface area (Å²) < 4.78 is 23.2. The molecule has 1 aromatic heterocycles. The molecule has 0 bridgehead atoms. The van der Waals surface area contributed by atoms with E-state index in [9.17, 15) is 4.39 Å². The number of nitrogens with two attached hydrogens (primary N) is 1. The SMILES string of the molecule is NCCCc1nc(COc2cccc(F)c2)no1. The normalized spacial score (nSPS) is 10.6. The molecule has 0 saturated heterocycles. The van der Waals surface area contributed by atoms with Crippen LogP contribution in [0.15, 0.2) is 28.8 Å². The highest BCUT2D eigenvalue weighted by atomic mass is 19.1. The third kappa shape index (κ3) is 3.53. The molecule has 1 heterocycles. The summed E-state index contributed by atoms with van der Waals surface area (Å²) in [5.74, 6) is 1.07. The molecule has 0 saturated carbocycles. The molecule has 0 spiro atoms. The van der Waals surface area contributed by atoms with Crippen LogP contribution in [0.5, 0.6) is 5.75 Å². The van der Waals surface area contributed by atoms with Crippen LogP contribution in [0, 0.1) is 5.82 Å². The molecule has 5 nitrogen and oxygen atoms in total. The number of aryl methyl sites for hydroxylation is 1. The monoisotopic (exact) mass is 251 g/mol. The first-order chi connectivity index (χ1) is 8.78. The number of rotatable bonds is 6. The van der Waals surface area contributed by atoms with Gasteiger partial charge in [-0.25, -0.2) is 4.39 Å². The second-order valence-corrected chi connectivity index (χ2v) is 3.74. The molecule has 0 aliphatic carbocycles. The maximum absolute atomic E-state index is 12.9. The van der Waals surface area contributed by atoms with Gasteiger partial charge in [0.1, 0.15) is 11.6 Å². The molecular formula is C12H14FN3O2. The molecule has 0 aliphatic rings. The number of ether oxygens (including phenoxy) is 1. The minimum atomic E-state index is -0.343. The fraction of sp³-hybridized carbons (Fsp3) is 0.333. The highest BCUT2D eigenvalue weighted by molar-refractivity contribution is 5.22. The minimum absolute atomic E-state index is 0.148. The first-order valence-electron chi connectivity index (χ1n) is 5.68. The van der Waals surface area contributed by atoms with Crippen molar-refractivity contribution in [3.63, 3.8) is 0 Å². The van der Waals surface area contributed by atoms with Gasteiger partial charge in [0.05, 0.1) is 0 Å². The topological polar surface area (TPSA) is 74.2 Å². The van der Waals surface area contributed by atoms with Crippen molar-refractivity contribution in [2.24, 2.45) is 5.73 Å². The fourth-order valence-corrected chi connectivity index (χ4v) is 1.41. The number of benzene rings is 1. The van der Waals surface area contributed by atoms with Crippen molar-refractivity contribution in [2.75, 3.05) is 6.54 Å². The third-order valence-electron chi connectivity index (χ3n) is 2.27. The molecule has 0 atom stereocenters. The van der Waals surface area contributed by atoms with Crippen LogP contribution in [0.3, 0.4) is 0 Å². The molecule has 2 rings (SSSR count). The predicted octanol–water partition coefficient (Wildman–Crippen LogP) is 1.68. The van der Waals surface area contributed by atoms with Crippen molar-refractivity contribution in [3.8, 4) is 5.75 Å². The minimum Gasteiger partial charge on any atom is -0.485 e. The lowest BCUT2D eigenvalue weighted by Gasteiger charge is -2.02. The van der Waals surface area contributed by atoms with Crippen LogP contribution < -0.4 is 10.5 Å². The average Bonchev–Trinajstić information content (AvgIpc) is 2.82. The summed E-state index contributed by atoms with van der Waals surface area (Å²) >= 11 is 0. The molecule has 18 heavy (non-hydrogen) atoms. The summed E-state index contributed by atoms with van der Waals surface area (Å²) in [4.78, 5) is 4.13. The summed E-state index contributed by atoms with van der Waals surface area (Å²) in [6.07, 6.45) is 1.45. The maximum Gasteiger partial charge on any atom is 0.226 e. The van der Waals surface area contributed by atoms with Gasteiger partial charge in [-0.2, -0.15) is 4.98 Å². The summed E-state index contributed by atoms with van der Waals surface area (Å²) in [6, 6.07) is 5.90. The Kier molecular flexibility index (Phi) is 4.25. The zero-order chi connectivity index (χ0) is 12.8. The Morgan fingerprint density at radius 2 is 2.28 bits per heavy atom. The van der Waals surface area contributed by atoms with E-state index in [0.717, 1.165) is 6.42 Å². The molecule has 0 unspecified atom stereocenters. The molecule has 0 amide bonds. The summed E-state index contributed by atoms with van der Waals surface area (Å²) in [5, 5.41) is 3.76. The van der Waals surface area contributed by atoms with E-state index in [0.29, 0.717) is 30.4 Å². The smallest absolute Gasteiger partial charge is 0.226 e. The van der Waals surface area contributed by atoms with E-state index in [4.69, 9.17) is 15.0 Å². The van der Waals surface area contributed by atoms with Crippen LogP contribution >= 0.6 is 0 Å². The molecule has 1 aromatic carbocycles. The number of hydrogen-bond acceptors (Lipinski definition) is 5. The van der Waals surface area contributed by atoms with Crippen molar-refractivity contribution < 1.29 is 13.7 Å². The van der Waals surface area contributed by atoms with Gasteiger partial charge in [-0.15, -0.1) is 0 Å². The molecule has 2 N–H and O–H groups in total. The van der Waals surface area contributed by atoms with E-state index in [1.807, 2.05) is 0 Å². The van der Waals surface area contributed by atoms with Gasteiger partial charge in [-0.3, -0.25) is 0 Å². The fourth-order valence-electron chi connectivity index (χ4n) is 1.41. The summed E-state index contributed by atoms with van der Waals surface area (Å²) in [6.45, 7) is 0.729. The van der Waals surface area contributed by atoms with Crippen molar-refractivity contribution >= 4 is 0 Å². The largest absolute Gasteiger partial charge is 0.485 e. The summed E-state index contributed by atoms with van der Waals surface area (Å²) in [7, 11) is 0. The Morgan fingerprint density at radius 1 is 1.39 bits per heavy atom. The molecular weight excluding hydrogens is 237 g/mol. The predicted molar refractivity (Wildman–Crippen MR) is 62.4 cm³/mol. The Morgan fingerprint density at radius 3 is 3.06 bits per heavy atom. The highest BCUT2D eigenvalue weighted by Crippen LogP contribution is 2.13. The van der Waals surface area contributed by atoms with E-state index in [-0.39, 0.29) is 12.4 Å². The van der Waals surface area contributed by atoms with Crippen LogP contribution in [0.4, 0.5) is 4.39 Å². The zero-order valence-corrected chi connectivity index (χ0v) is 9.80. The highest BCUT2D eigenvalue weighted by Gasteiger charge is 2.06. The second kappa shape index (κ2) is 6.11. The first kappa shape index (κ1) is 12.5. The van der Waals surface area contributed by atoms with Crippen LogP contribution in [-0.2, 0) is 13.0 Å². The van der Waals surface area contributed by atoms with Gasteiger partial charge in [-0.05, 0) is 25.1 Å². The van der Waals surface area contributed by atoms with Gasteiger partial charge in [-0.1, -0.05) is 11.2 Å². The molecule has 0 fully saturated rings. The Hall–Kier alpha value is -1.95. The van der Waals surface area contributed by atoms with Crippen molar-refractivity contribution in [1.29, 1.82) is 0 Å². The van der Waals surface area contributed by atoms with E-state index < -0.39 is 0 Å². The lowest BCUT2D eigenvalue weighted by molar-refractivity contribution is 0.284. The average molecular weight is 251 g/mol. The van der Waals surface area contributed by atoms with Gasteiger partial charge in [0, 0.05) is 12.5 Å². The van der Waals surface area contributed by atoms with Gasteiger partial charge in [0.25, 0.3) is 0 Å². The first-order valence-corrected chi connectivity index (χ1v) is 5.68. The lowest BCUT2D eigenvalue weighted by atomic mass is 10.3. The van der Waals surface area contributed by atoms with Crippen LogP contribution in [0.1, 0.15) is 18.1 Å². The Balaban J connectivity index is 1.88. The van der Waals surface area contributed by atoms with Crippen molar-refractivity contribution in [1.82, 2.24) is 10.1 Å². The van der Waals surface area contributed by atoms with Crippen LogP contribution in [0.2, 0.25) is 0 Å². The number of nitrogens with zero attached hydrogens (tertiary/aromatic N) is 2. The van der Waals surface area contributed by atoms with Crippen LogP contribution in [0.25, 0.3) is 0 Å². The van der Waals surface area contributed by atoms with Gasteiger partial charge < -0.3 is 15.0 Å². The summed E-state index contributed by atoms with van der Waals surface area (Å²) in [5.41, 5.74) is 5.38. The lowest BCUT2D eigenvalue weighted by Crippen LogP contribution is -2.01. The van der Waals surface area contributed by atoms with E-state index in [1.165, 1.54) is 12.1 Å². The van der Waals surface area contributed by atoms with E-state index >= 15 is 0 Å². The molecule has 96 valence electrons. The number of halogens is 1. The van der Waals surface area contributed by atoms with Crippen molar-refractivity contribution in [2.45, 2.75) is 19.4 Å². The number of hydrogen-bond donors (Lipinski definition) is 1. The van der Waals surface area contributed by atoms with E-state index in [2.05, 4.69) is 10.1 Å². The van der Waals surface area contributed by atoms with Gasteiger partial charge in [0.15, 0.2) is 6.61 Å².